The number of aromatic nitrogens is 2. The third kappa shape index (κ3) is 25.9. The van der Waals surface area contributed by atoms with E-state index in [0.29, 0.717) is 150 Å². The molecule has 10 saturated heterocycles. The lowest BCUT2D eigenvalue weighted by Gasteiger charge is -2.44. The van der Waals surface area contributed by atoms with Crippen LogP contribution in [0.2, 0.25) is 0 Å². The fourth-order valence-electron chi connectivity index (χ4n) is 22.1. The number of imidazole rings is 1. The number of Topliss-reactive ketones (excluding diaryl/α,β-unsaturated/α-hetero) is 5. The molecular formula is C104H146N18O20S5. The molecule has 19 rings (SSSR count). The minimum absolute atomic E-state index is 0.0616. The van der Waals surface area contributed by atoms with Crippen LogP contribution in [-0.2, 0) is 80.3 Å². The number of hydrogen-bond acceptors (Lipinski definition) is 30. The van der Waals surface area contributed by atoms with Crippen molar-refractivity contribution in [3.63, 3.8) is 0 Å². The third-order valence-corrected chi connectivity index (χ3v) is 40.1. The van der Waals surface area contributed by atoms with Gasteiger partial charge in [0.05, 0.1) is 62.2 Å². The zero-order valence-corrected chi connectivity index (χ0v) is 90.4. The maximum absolute atomic E-state index is 14.0. The number of ether oxygens (including phenoxy) is 3. The van der Waals surface area contributed by atoms with Gasteiger partial charge in [0.1, 0.15) is 40.6 Å². The topological polar surface area (TPSA) is 451 Å². The molecule has 12 heterocycles. The van der Waals surface area contributed by atoms with Crippen molar-refractivity contribution in [2.45, 2.75) is 246 Å². The number of likely N-dealkylation sites (tertiary alicyclic amines) is 2. The van der Waals surface area contributed by atoms with Crippen LogP contribution in [0.15, 0.2) is 175 Å². The minimum Gasteiger partial charge on any atom is -0.358 e. The summed E-state index contributed by atoms with van der Waals surface area (Å²) in [5.74, 6) is 0.503. The Hall–Kier alpha value is -8.88. The molecule has 5 unspecified atom stereocenters. The molecule has 12 fully saturated rings. The number of carbonyl (C=O) groups is 7. The number of amides is 2. The molecule has 5 atom stereocenters. The number of rotatable bonds is 32. The molecule has 2 aliphatic carbocycles. The number of likely N-dealkylation sites (N-methyl/N-ethyl adjacent to an activating group) is 2. The second-order valence-corrected chi connectivity index (χ2v) is 51.1. The van der Waals surface area contributed by atoms with E-state index in [9.17, 15) is 75.7 Å². The monoisotopic (exact) mass is 2130 g/mol. The predicted octanol–water partition coefficient (Wildman–Crippen LogP) is 7.81. The summed E-state index contributed by atoms with van der Waals surface area (Å²) in [5.41, 5.74) is -0.401. The number of ketones is 5. The number of carbonyl (C=O) groups excluding carboxylic acids is 7. The number of aliphatic imine (C=N–C) groups is 1. The Morgan fingerprint density at radius 1 is 0.422 bits per heavy atom. The van der Waals surface area contributed by atoms with E-state index in [1.165, 1.54) is 136 Å². The molecule has 0 bridgehead atoms. The smallest absolute Gasteiger partial charge is 0.245 e. The van der Waals surface area contributed by atoms with Crippen LogP contribution in [0.25, 0.3) is 0 Å². The van der Waals surface area contributed by atoms with Crippen molar-refractivity contribution in [1.29, 1.82) is 0 Å². The van der Waals surface area contributed by atoms with E-state index in [1.54, 1.807) is 86.0 Å². The summed E-state index contributed by atoms with van der Waals surface area (Å²) in [6.45, 7) is 20.3. The molecule has 5 aromatic carbocycles. The molecule has 13 aliphatic rings. The maximum Gasteiger partial charge on any atom is 0.245 e. The van der Waals surface area contributed by atoms with Gasteiger partial charge < -0.3 is 70.3 Å². The van der Waals surface area contributed by atoms with Crippen LogP contribution >= 0.6 is 0 Å². The van der Waals surface area contributed by atoms with E-state index in [2.05, 4.69) is 56.2 Å². The van der Waals surface area contributed by atoms with Gasteiger partial charge in [-0.05, 0) is 259 Å². The fourth-order valence-corrected chi connectivity index (χ4v) is 31.5. The van der Waals surface area contributed by atoms with E-state index >= 15 is 0 Å². The Morgan fingerprint density at radius 2 is 0.789 bits per heavy atom. The summed E-state index contributed by atoms with van der Waals surface area (Å²) < 4.78 is 163. The number of aromatic amines is 1. The van der Waals surface area contributed by atoms with Crippen LogP contribution in [0.1, 0.15) is 214 Å². The summed E-state index contributed by atoms with van der Waals surface area (Å²) >= 11 is 0. The Kier molecular flexibility index (Phi) is 36.0. The first-order valence-corrected chi connectivity index (χ1v) is 58.6. The second-order valence-electron chi connectivity index (χ2n) is 42.0. The van der Waals surface area contributed by atoms with Crippen molar-refractivity contribution in [3.05, 3.63) is 179 Å². The average molecular weight is 2130 g/mol. The number of allylic oxidation sites excluding steroid dienone is 1. The summed E-state index contributed by atoms with van der Waals surface area (Å²) in [7, 11) is -7.29. The summed E-state index contributed by atoms with van der Waals surface area (Å²) in [4.78, 5) is 107. The van der Waals surface area contributed by atoms with E-state index in [0.717, 1.165) is 109 Å². The Morgan fingerprint density at radius 3 is 1.16 bits per heavy atom. The first-order chi connectivity index (χ1) is 69.8. The van der Waals surface area contributed by atoms with Crippen molar-refractivity contribution in [2.75, 3.05) is 160 Å². The molecule has 0 radical (unpaired) electrons. The van der Waals surface area contributed by atoms with Crippen LogP contribution in [0.3, 0.4) is 0 Å². The van der Waals surface area contributed by atoms with E-state index in [4.69, 9.17) is 14.2 Å². The molecule has 2 saturated carbocycles. The molecule has 38 nitrogen and oxygen atoms in total. The van der Waals surface area contributed by atoms with Crippen molar-refractivity contribution < 1.29 is 89.9 Å². The summed E-state index contributed by atoms with van der Waals surface area (Å²) in [5, 5.41) is 15.8. The molecule has 1 aromatic heterocycles. The van der Waals surface area contributed by atoms with Gasteiger partial charge in [-0.3, -0.25) is 38.6 Å². The Labute approximate surface area is 866 Å². The molecule has 802 valence electrons. The number of unbranched alkanes of at least 4 members (excludes halogenated alkanes) is 1. The lowest BCUT2D eigenvalue weighted by Crippen LogP contribution is -2.60. The van der Waals surface area contributed by atoms with E-state index in [-0.39, 0.29) is 96.2 Å². The van der Waals surface area contributed by atoms with Gasteiger partial charge in [-0.2, -0.15) is 21.5 Å². The molecule has 6 aromatic rings. The second kappa shape index (κ2) is 47.2. The number of H-pyrrole nitrogens is 1. The lowest BCUT2D eigenvalue weighted by molar-refractivity contribution is -0.122. The van der Waals surface area contributed by atoms with E-state index < -0.39 is 90.7 Å². The fraction of sp³-hybridized carbons (Fsp3) is 0.587. The van der Waals surface area contributed by atoms with Crippen LogP contribution in [0, 0.1) is 11.8 Å². The highest BCUT2D eigenvalue weighted by molar-refractivity contribution is 7.90. The van der Waals surface area contributed by atoms with Gasteiger partial charge in [0, 0.05) is 168 Å². The molecule has 5 spiro atoms. The summed E-state index contributed by atoms with van der Waals surface area (Å²) in [6, 6.07) is 28.4. The number of sulfonamides is 5. The minimum atomic E-state index is -4.00. The molecule has 2 amide bonds. The quantitative estimate of drug-likeness (QED) is 0.0173. The van der Waals surface area contributed by atoms with Crippen LogP contribution < -0.4 is 26.6 Å². The lowest BCUT2D eigenvalue weighted by atomic mass is 9.97. The first-order valence-electron chi connectivity index (χ1n) is 51.4. The van der Waals surface area contributed by atoms with E-state index in [1.807, 2.05) is 58.2 Å². The van der Waals surface area contributed by atoms with Gasteiger partial charge >= 0.3 is 0 Å². The molecule has 6 N–H and O–H groups in total. The van der Waals surface area contributed by atoms with Gasteiger partial charge in [0.2, 0.25) is 61.9 Å². The zero-order valence-electron chi connectivity index (χ0n) is 86.3. The van der Waals surface area contributed by atoms with Gasteiger partial charge in [0.25, 0.3) is 0 Å². The van der Waals surface area contributed by atoms with Crippen molar-refractivity contribution in [1.82, 2.24) is 82.6 Å². The van der Waals surface area contributed by atoms with Crippen molar-refractivity contribution in [3.8, 4) is 0 Å². The van der Waals surface area contributed by atoms with Gasteiger partial charge in [-0.25, -0.2) is 47.1 Å². The van der Waals surface area contributed by atoms with Crippen LogP contribution in [-0.4, -0.2) is 364 Å². The molecule has 147 heavy (non-hydrogen) atoms. The van der Waals surface area contributed by atoms with Gasteiger partial charge in [-0.1, -0.05) is 73.2 Å². The highest BCUT2D eigenvalue weighted by atomic mass is 32.2. The Bertz CT molecular complexity index is 6320. The standard InChI is InChI=1S/C24H30N4O4S.C22H33N3O4S.C21H33N3O4S.C19H23N5O4S.C18H27N3O4S/c1-17(29)19-6-8-21(9-7-19)33(31,32)28-22(15-20-3-2-12-25-20)23(30)26-24(28)10-13-27(14-11-24)16-18-4-5-18;1-17(26)19-6-8-21(9-7-19)30(27,28)25-16-20(15-23(2)3)29-22(25)10-12-24(13-11-22)14-18-4-5-18;1-17(25)18-7-9-20(10-8-18)29(26,27)24-19(6-4-5-15-23(2)3)16-28-21(24)11-13-22-14-12-21;1-13(25)14-2-4-16(5-3-14)29(27,28)24-17(10-15-11-21-12-22-15)18(26)23-19(24)6-8-20-9-7-19;1-14(22)15-4-6-17(7-5-15)26(23,24)21-16(12-20(2)3)13-25-18(21)8-10-19-11-9-18/h3,6-9,12,18,22H,2,4-5,10-11,13-16H2,1H3,(H,26,30);6-9,18,20H,4-5,10-16H2,1-3H3;7-10,19,22H,4-6,11-16H2,1-3H3;2-5,11-12,17,20H,6-10H2,1H3,(H,21,22)(H,23,26);4-7,16,19H,8-13H2,1-3H3. The number of benzene rings is 5. The molecule has 11 aliphatic heterocycles. The Balaban J connectivity index is 0.000000138. The van der Waals surface area contributed by atoms with Crippen LogP contribution in [0.5, 0.6) is 0 Å². The van der Waals surface area contributed by atoms with Gasteiger partial charge in [-0.15, -0.1) is 0 Å². The van der Waals surface area contributed by atoms with Crippen LogP contribution in [0.4, 0.5) is 0 Å². The zero-order chi connectivity index (χ0) is 105. The number of hydrogen-bond donors (Lipinski definition) is 6. The average Bonchev–Trinajstić information content (AvgIpc) is 1.57. The summed E-state index contributed by atoms with van der Waals surface area (Å²) in [6.07, 6.45) is 21.7. The van der Waals surface area contributed by atoms with Crippen molar-refractivity contribution in [2.24, 2.45) is 16.8 Å². The molecule has 43 heteroatoms. The van der Waals surface area contributed by atoms with Crippen molar-refractivity contribution >= 4 is 97.1 Å². The largest absolute Gasteiger partial charge is 0.358 e. The van der Waals surface area contributed by atoms with Gasteiger partial charge in [0.15, 0.2) is 28.9 Å². The normalized spacial score (nSPS) is 23.8. The maximum atomic E-state index is 14.0. The first kappa shape index (κ1) is 112. The number of nitrogens with one attached hydrogen (secondary N) is 6. The number of piperidine rings is 5. The highest BCUT2D eigenvalue weighted by Gasteiger charge is 2.62. The predicted molar refractivity (Wildman–Crippen MR) is 555 cm³/mol. The molecular weight excluding hydrogens is 1980 g/mol. The number of nitrogens with zero attached hydrogens (tertiary/aromatic N) is 12. The highest BCUT2D eigenvalue weighted by Crippen LogP contribution is 2.48. The SMILES string of the molecule is CC(=O)c1ccc(S(=O)(=O)N2C(CC3=CCC=N3)C(=O)NC23CCN(CC2CC2)CC3)cc1.CC(=O)c1ccc(S(=O)(=O)N2C(CCCCN(C)C)COC23CCNCC3)cc1.CC(=O)c1ccc(S(=O)(=O)N2C(CN(C)C)COC23CCNCC3)cc1.CC(=O)c1ccc(S(=O)(=O)N2C(Cc3cnc[nH]3)C(=O)NC23CCNCC3)cc1.CC(=O)c1ccc(S(=O)(=O)N2CC(CN(C)C)OC23CCN(CC2CC2)CC3)cc1. The third-order valence-electron chi connectivity index (χ3n) is 30.2.